The maximum absolute atomic E-state index is 14.0. The fourth-order valence-corrected chi connectivity index (χ4v) is 5.57. The molecule has 11 nitrogen and oxygen atoms in total. The van der Waals surface area contributed by atoms with Gasteiger partial charge in [0.25, 0.3) is 0 Å². The highest BCUT2D eigenvalue weighted by Gasteiger charge is 2.29. The van der Waals surface area contributed by atoms with Crippen molar-refractivity contribution >= 4 is 29.6 Å². The number of hydrogen-bond donors (Lipinski definition) is 5. The third-order valence-corrected chi connectivity index (χ3v) is 8.29. The van der Waals surface area contributed by atoms with Crippen molar-refractivity contribution in [2.75, 3.05) is 25.0 Å². The summed E-state index contributed by atoms with van der Waals surface area (Å²) in [6.07, 6.45) is -0.824. The maximum Gasteiger partial charge on any atom is 0.407 e. The van der Waals surface area contributed by atoms with Crippen molar-refractivity contribution in [2.24, 2.45) is 5.92 Å². The fourth-order valence-electron chi connectivity index (χ4n) is 5.57. The van der Waals surface area contributed by atoms with Gasteiger partial charge in [0.1, 0.15) is 12.6 Å². The molecule has 4 aromatic carbocycles. The highest BCUT2D eigenvalue weighted by atomic mass is 16.5. The Labute approximate surface area is 305 Å². The molecule has 0 unspecified atom stereocenters. The second kappa shape index (κ2) is 20.9. The number of ether oxygens (including phenoxy) is 1. The lowest BCUT2D eigenvalue weighted by Crippen LogP contribution is -2.56. The van der Waals surface area contributed by atoms with E-state index in [1.165, 1.54) is 4.90 Å². The number of rotatable bonds is 18. The van der Waals surface area contributed by atoms with E-state index >= 15 is 0 Å². The van der Waals surface area contributed by atoms with Crippen LogP contribution >= 0.6 is 0 Å². The predicted molar refractivity (Wildman–Crippen MR) is 201 cm³/mol. The Hall–Kier alpha value is -5.68. The number of nitrogens with zero attached hydrogens (tertiary/aromatic N) is 1. The zero-order valence-electron chi connectivity index (χ0n) is 29.7. The van der Waals surface area contributed by atoms with Gasteiger partial charge in [0, 0.05) is 12.2 Å². The van der Waals surface area contributed by atoms with Crippen molar-refractivity contribution in [3.63, 3.8) is 0 Å². The number of benzene rings is 4. The molecule has 0 radical (unpaired) electrons. The van der Waals surface area contributed by atoms with Crippen LogP contribution in [-0.4, -0.2) is 71.8 Å². The van der Waals surface area contributed by atoms with Gasteiger partial charge in [0.2, 0.25) is 11.8 Å². The topological polar surface area (TPSA) is 149 Å². The zero-order valence-corrected chi connectivity index (χ0v) is 29.7. The molecular weight excluding hydrogens is 658 g/mol. The van der Waals surface area contributed by atoms with Gasteiger partial charge in [0.05, 0.1) is 25.2 Å². The van der Waals surface area contributed by atoms with Crippen LogP contribution in [0.1, 0.15) is 37.0 Å². The van der Waals surface area contributed by atoms with E-state index in [0.717, 1.165) is 16.7 Å². The van der Waals surface area contributed by atoms with Gasteiger partial charge < -0.3 is 36.0 Å². The summed E-state index contributed by atoms with van der Waals surface area (Å²) in [4.78, 5) is 54.3. The van der Waals surface area contributed by atoms with Crippen LogP contribution in [0.2, 0.25) is 0 Å². The summed E-state index contributed by atoms with van der Waals surface area (Å²) >= 11 is 0. The van der Waals surface area contributed by atoms with Crippen LogP contribution in [0.25, 0.3) is 0 Å². The molecule has 4 aromatic rings. The summed E-state index contributed by atoms with van der Waals surface area (Å²) < 4.78 is 5.47. The maximum atomic E-state index is 14.0. The first-order valence-electron chi connectivity index (χ1n) is 17.6. The number of alkyl carbamates (subject to hydrolysis) is 1. The minimum atomic E-state index is -1.20. The standard InChI is InChI=1S/C41H49N5O6/c1-30(2)25-36(39(49)42-27-38(48)43-34-21-13-6-14-22-34)44-40(50)46(24-23-31-15-7-3-8-16-31)28-37(47)35(26-32-17-9-4-10-18-32)45-41(51)52-29-33-19-11-5-12-20-33/h3-22,30,35-37,47H,23-29H2,1-2H3,(H,42,49)(H,43,48)(H,44,50)(H,45,51)/t35-,36-,37+/m0/s1. The first kappa shape index (κ1) is 39.1. The number of nitrogens with one attached hydrogen (secondary N) is 4. The number of carbonyl (C=O) groups excluding carboxylic acids is 4. The molecule has 0 aliphatic heterocycles. The Kier molecular flexibility index (Phi) is 15.7. The number of aliphatic hydroxyl groups excluding tert-OH is 1. The van der Waals surface area contributed by atoms with Gasteiger partial charge in [-0.15, -0.1) is 0 Å². The molecule has 0 aromatic heterocycles. The van der Waals surface area contributed by atoms with E-state index in [0.29, 0.717) is 18.5 Å². The Balaban J connectivity index is 1.47. The van der Waals surface area contributed by atoms with Gasteiger partial charge >= 0.3 is 12.1 Å². The Morgan fingerprint density at radius 2 is 1.29 bits per heavy atom. The first-order valence-corrected chi connectivity index (χ1v) is 17.6. The molecule has 0 heterocycles. The van der Waals surface area contributed by atoms with E-state index in [4.69, 9.17) is 4.74 Å². The molecule has 0 fully saturated rings. The van der Waals surface area contributed by atoms with Crippen LogP contribution in [0.15, 0.2) is 121 Å². The monoisotopic (exact) mass is 707 g/mol. The molecule has 0 aliphatic rings. The molecule has 52 heavy (non-hydrogen) atoms. The Morgan fingerprint density at radius 3 is 1.88 bits per heavy atom. The van der Waals surface area contributed by atoms with E-state index in [1.807, 2.05) is 111 Å². The number of anilines is 1. The van der Waals surface area contributed by atoms with Crippen LogP contribution in [0.4, 0.5) is 15.3 Å². The van der Waals surface area contributed by atoms with Crippen LogP contribution in [0, 0.1) is 5.92 Å². The zero-order chi connectivity index (χ0) is 37.1. The molecule has 0 saturated carbocycles. The normalized spacial score (nSPS) is 12.5. The third-order valence-electron chi connectivity index (χ3n) is 8.29. The van der Waals surface area contributed by atoms with Crippen molar-refractivity contribution in [1.29, 1.82) is 0 Å². The molecule has 5 amide bonds. The molecule has 0 spiro atoms. The highest BCUT2D eigenvalue weighted by molar-refractivity contribution is 5.96. The second-order valence-corrected chi connectivity index (χ2v) is 13.0. The van der Waals surface area contributed by atoms with Crippen molar-refractivity contribution in [2.45, 2.75) is 57.9 Å². The van der Waals surface area contributed by atoms with E-state index in [1.54, 1.807) is 24.3 Å². The van der Waals surface area contributed by atoms with E-state index < -0.39 is 42.1 Å². The summed E-state index contributed by atoms with van der Waals surface area (Å²) in [6.45, 7) is 3.72. The van der Waals surface area contributed by atoms with Gasteiger partial charge in [0.15, 0.2) is 0 Å². The van der Waals surface area contributed by atoms with Crippen molar-refractivity contribution < 1.29 is 29.0 Å². The van der Waals surface area contributed by atoms with Crippen LogP contribution < -0.4 is 21.3 Å². The summed E-state index contributed by atoms with van der Waals surface area (Å²) in [5.41, 5.74) is 3.28. The Morgan fingerprint density at radius 1 is 0.731 bits per heavy atom. The lowest BCUT2D eigenvalue weighted by molar-refractivity contribution is -0.125. The number of amides is 5. The van der Waals surface area contributed by atoms with Crippen molar-refractivity contribution in [1.82, 2.24) is 20.9 Å². The summed E-state index contributed by atoms with van der Waals surface area (Å²) in [5, 5.41) is 22.7. The van der Waals surface area contributed by atoms with Crippen molar-refractivity contribution in [3.05, 3.63) is 138 Å². The molecule has 3 atom stereocenters. The van der Waals surface area contributed by atoms with Gasteiger partial charge in [-0.1, -0.05) is 123 Å². The minimum Gasteiger partial charge on any atom is -0.445 e. The van der Waals surface area contributed by atoms with Crippen molar-refractivity contribution in [3.8, 4) is 0 Å². The first-order chi connectivity index (χ1) is 25.2. The summed E-state index contributed by atoms with van der Waals surface area (Å²) in [5.74, 6) is -0.862. The molecule has 0 saturated heterocycles. The quantitative estimate of drug-likeness (QED) is 0.0947. The molecule has 11 heteroatoms. The van der Waals surface area contributed by atoms with E-state index in [-0.39, 0.29) is 38.6 Å². The molecule has 5 N–H and O–H groups in total. The predicted octanol–water partition coefficient (Wildman–Crippen LogP) is 5.31. The highest BCUT2D eigenvalue weighted by Crippen LogP contribution is 2.13. The number of hydrogen-bond acceptors (Lipinski definition) is 6. The third kappa shape index (κ3) is 13.9. The number of urea groups is 1. The van der Waals surface area contributed by atoms with Crippen LogP contribution in [0.3, 0.4) is 0 Å². The molecule has 4 rings (SSSR count). The molecule has 274 valence electrons. The lowest BCUT2D eigenvalue weighted by atomic mass is 10.0. The largest absolute Gasteiger partial charge is 0.445 e. The van der Waals surface area contributed by atoms with Gasteiger partial charge in [-0.05, 0) is 54.0 Å². The number of aliphatic hydroxyl groups is 1. The lowest BCUT2D eigenvalue weighted by Gasteiger charge is -2.31. The van der Waals surface area contributed by atoms with Gasteiger partial charge in [-0.2, -0.15) is 0 Å². The molecular formula is C41H49N5O6. The Bertz CT molecular complexity index is 1680. The number of para-hydroxylation sites is 1. The summed E-state index contributed by atoms with van der Waals surface area (Å²) in [7, 11) is 0. The summed E-state index contributed by atoms with van der Waals surface area (Å²) in [6, 6.07) is 34.9. The van der Waals surface area contributed by atoms with E-state index in [2.05, 4.69) is 21.3 Å². The van der Waals surface area contributed by atoms with Crippen LogP contribution in [-0.2, 0) is 33.8 Å². The average Bonchev–Trinajstić information content (AvgIpc) is 3.15. The molecule has 0 aliphatic carbocycles. The van der Waals surface area contributed by atoms with Crippen LogP contribution in [0.5, 0.6) is 0 Å². The second-order valence-electron chi connectivity index (χ2n) is 13.0. The van der Waals surface area contributed by atoms with E-state index in [9.17, 15) is 24.3 Å². The molecule has 0 bridgehead atoms. The van der Waals surface area contributed by atoms with Gasteiger partial charge in [-0.25, -0.2) is 9.59 Å². The SMILES string of the molecule is CC(C)C[C@H](NC(=O)N(CCc1ccccc1)C[C@@H](O)[C@H](Cc1ccccc1)NC(=O)OCc1ccccc1)C(=O)NCC(=O)Nc1ccccc1. The minimum absolute atomic E-state index is 0.0407. The fraction of sp³-hybridized carbons (Fsp3) is 0.317. The van der Waals surface area contributed by atoms with Gasteiger partial charge in [-0.3, -0.25) is 9.59 Å². The smallest absolute Gasteiger partial charge is 0.407 e. The average molecular weight is 708 g/mol. The number of carbonyl (C=O) groups is 4.